The van der Waals surface area contributed by atoms with Gasteiger partial charge in [-0.05, 0) is 56.1 Å². The highest BCUT2D eigenvalue weighted by Gasteiger charge is 2.01. The SMILES string of the molecule is COc1c(N)cccc1Br.Nc1cccc(Br)c1O. The topological polar surface area (TPSA) is 81.5 Å². The van der Waals surface area contributed by atoms with Crippen LogP contribution in [0.15, 0.2) is 45.3 Å². The average Bonchev–Trinajstić information content (AvgIpc) is 2.37. The van der Waals surface area contributed by atoms with Crippen LogP contribution in [0.3, 0.4) is 0 Å². The summed E-state index contributed by atoms with van der Waals surface area (Å²) in [6.07, 6.45) is 0. The summed E-state index contributed by atoms with van der Waals surface area (Å²) in [5, 5.41) is 9.03. The van der Waals surface area contributed by atoms with Crippen molar-refractivity contribution in [1.29, 1.82) is 0 Å². The largest absolute Gasteiger partial charge is 0.505 e. The molecule has 0 radical (unpaired) electrons. The lowest BCUT2D eigenvalue weighted by molar-refractivity contribution is 0.414. The summed E-state index contributed by atoms with van der Waals surface area (Å²) in [7, 11) is 1.59. The fraction of sp³-hybridized carbons (Fsp3) is 0.0769. The molecule has 0 spiro atoms. The van der Waals surface area contributed by atoms with Gasteiger partial charge in [-0.2, -0.15) is 0 Å². The molecule has 4 nitrogen and oxygen atoms in total. The van der Waals surface area contributed by atoms with Gasteiger partial charge in [-0.25, -0.2) is 0 Å². The molecular formula is C13H14Br2N2O2. The van der Waals surface area contributed by atoms with Gasteiger partial charge in [0.15, 0.2) is 11.5 Å². The second-order valence-corrected chi connectivity index (χ2v) is 5.25. The van der Waals surface area contributed by atoms with Gasteiger partial charge in [0.2, 0.25) is 0 Å². The summed E-state index contributed by atoms with van der Waals surface area (Å²) < 4.78 is 6.52. The number of phenolic OH excluding ortho intramolecular Hbond substituents is 1. The third-order valence-electron chi connectivity index (χ3n) is 2.22. The molecule has 0 saturated heterocycles. The van der Waals surface area contributed by atoms with Crippen LogP contribution in [0, 0.1) is 0 Å². The first-order valence-corrected chi connectivity index (χ1v) is 6.87. The third-order valence-corrected chi connectivity index (χ3v) is 3.48. The Labute approximate surface area is 128 Å². The summed E-state index contributed by atoms with van der Waals surface area (Å²) in [4.78, 5) is 0. The van der Waals surface area contributed by atoms with E-state index in [0.29, 0.717) is 21.6 Å². The summed E-state index contributed by atoms with van der Waals surface area (Å²) in [6.45, 7) is 0. The minimum Gasteiger partial charge on any atom is -0.505 e. The molecule has 0 atom stereocenters. The maximum absolute atomic E-state index is 9.03. The smallest absolute Gasteiger partial charge is 0.155 e. The Hall–Kier alpha value is -1.40. The molecule has 0 aliphatic rings. The molecule has 5 N–H and O–H groups in total. The summed E-state index contributed by atoms with van der Waals surface area (Å²) in [5.74, 6) is 0.806. The molecule has 0 fully saturated rings. The number of anilines is 2. The zero-order chi connectivity index (χ0) is 14.4. The number of rotatable bonds is 1. The Morgan fingerprint density at radius 3 is 1.84 bits per heavy atom. The van der Waals surface area contributed by atoms with Crippen molar-refractivity contribution in [3.05, 3.63) is 45.3 Å². The van der Waals surface area contributed by atoms with E-state index in [1.165, 1.54) is 0 Å². The van der Waals surface area contributed by atoms with Gasteiger partial charge in [-0.15, -0.1) is 0 Å². The standard InChI is InChI=1S/C7H8BrNO.C6H6BrNO/c1-10-7-5(8)3-2-4-6(7)9;7-4-2-1-3-5(8)6(4)9/h2-4H,9H2,1H3;1-3,9H,8H2. The van der Waals surface area contributed by atoms with Gasteiger partial charge in [0.1, 0.15) is 0 Å². The number of benzene rings is 2. The van der Waals surface area contributed by atoms with E-state index in [1.54, 1.807) is 31.4 Å². The van der Waals surface area contributed by atoms with Gasteiger partial charge >= 0.3 is 0 Å². The van der Waals surface area contributed by atoms with Gasteiger partial charge in [0.25, 0.3) is 0 Å². The van der Waals surface area contributed by atoms with E-state index < -0.39 is 0 Å². The number of hydrogen-bond donors (Lipinski definition) is 3. The van der Waals surface area contributed by atoms with Crippen LogP contribution in [0.2, 0.25) is 0 Å². The maximum Gasteiger partial charge on any atom is 0.155 e. The van der Waals surface area contributed by atoms with Crippen molar-refractivity contribution < 1.29 is 9.84 Å². The summed E-state index contributed by atoms with van der Waals surface area (Å²) in [5.41, 5.74) is 12.0. The third kappa shape index (κ3) is 4.33. The molecule has 0 unspecified atom stereocenters. The number of nitrogen functional groups attached to an aromatic ring is 2. The van der Waals surface area contributed by atoms with E-state index in [2.05, 4.69) is 31.9 Å². The molecule has 2 aromatic rings. The first-order chi connectivity index (χ1) is 8.97. The van der Waals surface area contributed by atoms with Crippen molar-refractivity contribution in [1.82, 2.24) is 0 Å². The number of para-hydroxylation sites is 2. The van der Waals surface area contributed by atoms with Crippen LogP contribution >= 0.6 is 31.9 Å². The average molecular weight is 390 g/mol. The van der Waals surface area contributed by atoms with Crippen molar-refractivity contribution in [3.8, 4) is 11.5 Å². The first kappa shape index (κ1) is 15.7. The molecule has 102 valence electrons. The summed E-state index contributed by atoms with van der Waals surface area (Å²) >= 11 is 6.42. The van der Waals surface area contributed by atoms with Crippen LogP contribution in [-0.4, -0.2) is 12.2 Å². The Bertz CT molecular complexity index is 522. The molecule has 0 saturated carbocycles. The molecule has 2 aromatic carbocycles. The lowest BCUT2D eigenvalue weighted by atomic mass is 10.3. The second kappa shape index (κ2) is 7.25. The molecule has 0 aromatic heterocycles. The van der Waals surface area contributed by atoms with Crippen molar-refractivity contribution in [2.45, 2.75) is 0 Å². The molecule has 0 heterocycles. The Morgan fingerprint density at radius 1 is 0.947 bits per heavy atom. The quantitative estimate of drug-likeness (QED) is 0.512. The first-order valence-electron chi connectivity index (χ1n) is 5.28. The highest BCUT2D eigenvalue weighted by atomic mass is 79.9. The zero-order valence-electron chi connectivity index (χ0n) is 10.2. The van der Waals surface area contributed by atoms with Gasteiger partial charge in [0, 0.05) is 0 Å². The highest BCUT2D eigenvalue weighted by molar-refractivity contribution is 9.10. The van der Waals surface area contributed by atoms with E-state index in [4.69, 9.17) is 21.3 Å². The van der Waals surface area contributed by atoms with Crippen LogP contribution in [-0.2, 0) is 0 Å². The number of ether oxygens (including phenoxy) is 1. The maximum atomic E-state index is 9.03. The monoisotopic (exact) mass is 388 g/mol. The molecule has 19 heavy (non-hydrogen) atoms. The molecule has 0 amide bonds. The van der Waals surface area contributed by atoms with Crippen LogP contribution in [0.25, 0.3) is 0 Å². The fourth-order valence-corrected chi connectivity index (χ4v) is 2.20. The van der Waals surface area contributed by atoms with Crippen LogP contribution in [0.4, 0.5) is 11.4 Å². The van der Waals surface area contributed by atoms with Gasteiger partial charge < -0.3 is 21.3 Å². The highest BCUT2D eigenvalue weighted by Crippen LogP contribution is 2.30. The Morgan fingerprint density at radius 2 is 1.47 bits per heavy atom. The lowest BCUT2D eigenvalue weighted by Crippen LogP contribution is -1.91. The Kier molecular flexibility index (Phi) is 5.98. The second-order valence-electron chi connectivity index (χ2n) is 3.54. The van der Waals surface area contributed by atoms with Gasteiger partial charge in [0.05, 0.1) is 27.4 Å². The number of aromatic hydroxyl groups is 1. The van der Waals surface area contributed by atoms with E-state index >= 15 is 0 Å². The van der Waals surface area contributed by atoms with Crippen molar-refractivity contribution in [3.63, 3.8) is 0 Å². The van der Waals surface area contributed by atoms with Crippen molar-refractivity contribution in [2.24, 2.45) is 0 Å². The minimum atomic E-state index is 0.109. The number of phenols is 1. The summed E-state index contributed by atoms with van der Waals surface area (Å²) in [6, 6.07) is 10.7. The fourth-order valence-electron chi connectivity index (χ4n) is 1.27. The van der Waals surface area contributed by atoms with E-state index in [9.17, 15) is 0 Å². The van der Waals surface area contributed by atoms with E-state index in [-0.39, 0.29) is 5.75 Å². The number of methoxy groups -OCH3 is 1. The Balaban J connectivity index is 0.000000191. The van der Waals surface area contributed by atoms with Gasteiger partial charge in [-0.1, -0.05) is 12.1 Å². The predicted molar refractivity (Wildman–Crippen MR) is 85.3 cm³/mol. The van der Waals surface area contributed by atoms with E-state index in [1.807, 2.05) is 12.1 Å². The molecule has 0 aliphatic carbocycles. The van der Waals surface area contributed by atoms with Gasteiger partial charge in [-0.3, -0.25) is 0 Å². The number of nitrogens with two attached hydrogens (primary N) is 2. The van der Waals surface area contributed by atoms with E-state index in [0.717, 1.165) is 4.47 Å². The normalized spacial score (nSPS) is 9.42. The molecule has 2 rings (SSSR count). The van der Waals surface area contributed by atoms with Crippen molar-refractivity contribution in [2.75, 3.05) is 18.6 Å². The minimum absolute atomic E-state index is 0.109. The molecule has 6 heteroatoms. The molecule has 0 aliphatic heterocycles. The molecule has 0 bridgehead atoms. The predicted octanol–water partition coefficient (Wildman–Crippen LogP) is 3.78. The zero-order valence-corrected chi connectivity index (χ0v) is 13.4. The lowest BCUT2D eigenvalue weighted by Gasteiger charge is -2.04. The van der Waals surface area contributed by atoms with Crippen molar-refractivity contribution >= 4 is 43.2 Å². The molecular weight excluding hydrogens is 376 g/mol. The number of halogens is 2. The van der Waals surface area contributed by atoms with Crippen LogP contribution in [0.1, 0.15) is 0 Å². The number of hydrogen-bond acceptors (Lipinski definition) is 4. The van der Waals surface area contributed by atoms with Crippen LogP contribution in [0.5, 0.6) is 11.5 Å². The van der Waals surface area contributed by atoms with Crippen LogP contribution < -0.4 is 16.2 Å².